The molecule has 2 rings (SSSR count). The number of ketones is 1. The van der Waals surface area contributed by atoms with Gasteiger partial charge in [-0.25, -0.2) is 4.79 Å². The van der Waals surface area contributed by atoms with E-state index in [1.165, 1.54) is 25.1 Å². The Morgan fingerprint density at radius 3 is 2.04 bits per heavy atom. The van der Waals surface area contributed by atoms with Crippen LogP contribution in [0.2, 0.25) is 10.0 Å². The zero-order valence-electron chi connectivity index (χ0n) is 13.2. The molecule has 0 radical (unpaired) electrons. The molecule has 0 atom stereocenters. The summed E-state index contributed by atoms with van der Waals surface area (Å²) in [4.78, 5) is 23.3. The highest BCUT2D eigenvalue weighted by molar-refractivity contribution is 6.35. The molecule has 2 aromatic rings. The molecule has 2 aromatic carbocycles. The summed E-state index contributed by atoms with van der Waals surface area (Å²) in [5.41, 5.74) is -1.39. The lowest BCUT2D eigenvalue weighted by Crippen LogP contribution is -2.13. The standard InChI is InChI=1S/C18H11Cl2F3O3/c1-9-4-10(2-3-14(9)17(25)26)16(24)8-15(18(21,22)23)11-5-12(19)7-13(20)6-11/h2-8H,1H3,(H,25,26)/b15-8+. The summed E-state index contributed by atoms with van der Waals surface area (Å²) in [6.45, 7) is 1.45. The third kappa shape index (κ3) is 4.65. The first-order valence-corrected chi connectivity index (χ1v) is 7.88. The van der Waals surface area contributed by atoms with Crippen molar-refractivity contribution in [3.8, 4) is 0 Å². The topological polar surface area (TPSA) is 54.4 Å². The van der Waals surface area contributed by atoms with Gasteiger partial charge in [0.15, 0.2) is 5.78 Å². The summed E-state index contributed by atoms with van der Waals surface area (Å²) < 4.78 is 40.2. The number of rotatable bonds is 4. The van der Waals surface area contributed by atoms with Crippen molar-refractivity contribution in [2.75, 3.05) is 0 Å². The largest absolute Gasteiger partial charge is 0.478 e. The third-order valence-corrected chi connectivity index (χ3v) is 3.93. The molecule has 0 aliphatic heterocycles. The van der Waals surface area contributed by atoms with Crippen molar-refractivity contribution in [2.45, 2.75) is 13.1 Å². The maximum Gasteiger partial charge on any atom is 0.417 e. The fourth-order valence-corrected chi connectivity index (χ4v) is 2.84. The predicted octanol–water partition coefficient (Wildman–Crippen LogP) is 5.83. The maximum atomic E-state index is 13.4. The Labute approximate surface area is 156 Å². The number of hydrogen-bond acceptors (Lipinski definition) is 2. The molecule has 0 saturated carbocycles. The molecule has 0 unspecified atom stereocenters. The minimum atomic E-state index is -4.82. The summed E-state index contributed by atoms with van der Waals surface area (Å²) in [6, 6.07) is 6.94. The molecule has 8 heteroatoms. The van der Waals surface area contributed by atoms with Gasteiger partial charge in [0, 0.05) is 15.6 Å². The predicted molar refractivity (Wildman–Crippen MR) is 93.0 cm³/mol. The number of carbonyl (C=O) groups is 2. The maximum absolute atomic E-state index is 13.4. The monoisotopic (exact) mass is 402 g/mol. The number of carbonyl (C=O) groups excluding carboxylic acids is 1. The second-order valence-corrected chi connectivity index (χ2v) is 6.29. The first-order valence-electron chi connectivity index (χ1n) is 7.12. The molecule has 1 N–H and O–H groups in total. The molecule has 0 fully saturated rings. The Hall–Kier alpha value is -2.31. The molecule has 0 aromatic heterocycles. The van der Waals surface area contributed by atoms with Crippen molar-refractivity contribution in [1.29, 1.82) is 0 Å². The highest BCUT2D eigenvalue weighted by Crippen LogP contribution is 2.36. The normalized spacial score (nSPS) is 12.2. The molecule has 0 aliphatic rings. The van der Waals surface area contributed by atoms with Gasteiger partial charge in [-0.15, -0.1) is 0 Å². The van der Waals surface area contributed by atoms with Crippen LogP contribution >= 0.6 is 23.2 Å². The lowest BCUT2D eigenvalue weighted by molar-refractivity contribution is -0.0689. The van der Waals surface area contributed by atoms with Gasteiger partial charge in [-0.3, -0.25) is 4.79 Å². The highest BCUT2D eigenvalue weighted by Gasteiger charge is 2.35. The molecular weight excluding hydrogens is 392 g/mol. The van der Waals surface area contributed by atoms with Crippen LogP contribution in [0.25, 0.3) is 5.57 Å². The molecular formula is C18H11Cl2F3O3. The van der Waals surface area contributed by atoms with Crippen LogP contribution in [0.1, 0.15) is 31.8 Å². The van der Waals surface area contributed by atoms with Gasteiger partial charge in [-0.2, -0.15) is 13.2 Å². The van der Waals surface area contributed by atoms with Crippen LogP contribution in [0.5, 0.6) is 0 Å². The molecule has 0 amide bonds. The van der Waals surface area contributed by atoms with Crippen molar-refractivity contribution in [2.24, 2.45) is 0 Å². The van der Waals surface area contributed by atoms with Crippen molar-refractivity contribution >= 4 is 40.5 Å². The van der Waals surface area contributed by atoms with E-state index in [2.05, 4.69) is 0 Å². The molecule has 0 saturated heterocycles. The quantitative estimate of drug-likeness (QED) is 0.517. The third-order valence-electron chi connectivity index (χ3n) is 3.50. The fraction of sp³-hybridized carbons (Fsp3) is 0.111. The smallest absolute Gasteiger partial charge is 0.417 e. The van der Waals surface area contributed by atoms with Gasteiger partial charge in [0.2, 0.25) is 0 Å². The zero-order valence-corrected chi connectivity index (χ0v) is 14.7. The number of aromatic carboxylic acids is 1. The molecule has 26 heavy (non-hydrogen) atoms. The van der Waals surface area contributed by atoms with Gasteiger partial charge in [-0.05, 0) is 54.5 Å². The van der Waals surface area contributed by atoms with E-state index in [4.69, 9.17) is 28.3 Å². The number of allylic oxidation sites excluding steroid dienone is 2. The second kappa shape index (κ2) is 7.51. The van der Waals surface area contributed by atoms with Crippen molar-refractivity contribution in [3.05, 3.63) is 74.8 Å². The Bertz CT molecular complexity index is 898. The summed E-state index contributed by atoms with van der Waals surface area (Å²) in [7, 11) is 0. The number of carboxylic acid groups (broad SMARTS) is 1. The van der Waals surface area contributed by atoms with E-state index in [-0.39, 0.29) is 32.3 Å². The van der Waals surface area contributed by atoms with Gasteiger partial charge < -0.3 is 5.11 Å². The Morgan fingerprint density at radius 1 is 1.00 bits per heavy atom. The Balaban J connectivity index is 2.52. The number of carboxylic acids is 1. The highest BCUT2D eigenvalue weighted by atomic mass is 35.5. The van der Waals surface area contributed by atoms with Crippen LogP contribution in [0.15, 0.2) is 42.5 Å². The Morgan fingerprint density at radius 2 is 1.58 bits per heavy atom. The van der Waals surface area contributed by atoms with E-state index in [0.717, 1.165) is 18.2 Å². The summed E-state index contributed by atoms with van der Waals surface area (Å²) in [5, 5.41) is 8.97. The van der Waals surface area contributed by atoms with Gasteiger partial charge >= 0.3 is 12.1 Å². The summed E-state index contributed by atoms with van der Waals surface area (Å²) in [5.74, 6) is -2.12. The van der Waals surface area contributed by atoms with E-state index in [1.54, 1.807) is 0 Å². The van der Waals surface area contributed by atoms with Gasteiger partial charge in [0.25, 0.3) is 0 Å². The van der Waals surface area contributed by atoms with Crippen LogP contribution in [0.3, 0.4) is 0 Å². The van der Waals surface area contributed by atoms with Gasteiger partial charge in [-0.1, -0.05) is 29.3 Å². The zero-order chi connectivity index (χ0) is 19.6. The molecule has 0 bridgehead atoms. The van der Waals surface area contributed by atoms with E-state index in [9.17, 15) is 22.8 Å². The number of hydrogen-bond donors (Lipinski definition) is 1. The number of benzene rings is 2. The molecule has 0 heterocycles. The van der Waals surface area contributed by atoms with Crippen molar-refractivity contribution < 1.29 is 27.9 Å². The fourth-order valence-electron chi connectivity index (χ4n) is 2.31. The van der Waals surface area contributed by atoms with E-state index >= 15 is 0 Å². The molecule has 3 nitrogen and oxygen atoms in total. The van der Waals surface area contributed by atoms with Gasteiger partial charge in [0.05, 0.1) is 11.1 Å². The van der Waals surface area contributed by atoms with Crippen molar-refractivity contribution in [1.82, 2.24) is 0 Å². The van der Waals surface area contributed by atoms with E-state index in [1.807, 2.05) is 0 Å². The van der Waals surface area contributed by atoms with E-state index < -0.39 is 23.5 Å². The SMILES string of the molecule is Cc1cc(C(=O)/C=C(\c2cc(Cl)cc(Cl)c2)C(F)(F)F)ccc1C(=O)O. The first kappa shape index (κ1) is 20.0. The molecule has 0 aliphatic carbocycles. The average Bonchev–Trinajstić information content (AvgIpc) is 2.49. The molecule has 136 valence electrons. The first-order chi connectivity index (χ1) is 12.0. The Kier molecular flexibility index (Phi) is 5.78. The molecule has 0 spiro atoms. The second-order valence-electron chi connectivity index (χ2n) is 5.41. The van der Waals surface area contributed by atoms with Crippen LogP contribution in [0, 0.1) is 6.92 Å². The lowest BCUT2D eigenvalue weighted by atomic mass is 9.99. The number of alkyl halides is 3. The number of aryl methyl sites for hydroxylation is 1. The lowest BCUT2D eigenvalue weighted by Gasteiger charge is -2.13. The average molecular weight is 403 g/mol. The van der Waals surface area contributed by atoms with Crippen LogP contribution < -0.4 is 0 Å². The van der Waals surface area contributed by atoms with Crippen molar-refractivity contribution in [3.63, 3.8) is 0 Å². The minimum absolute atomic E-state index is 0.00301. The number of halogens is 5. The van der Waals surface area contributed by atoms with Crippen LogP contribution in [-0.4, -0.2) is 23.0 Å². The summed E-state index contributed by atoms with van der Waals surface area (Å²) >= 11 is 11.5. The minimum Gasteiger partial charge on any atom is -0.478 e. The van der Waals surface area contributed by atoms with Crippen LogP contribution in [-0.2, 0) is 0 Å². The van der Waals surface area contributed by atoms with E-state index in [0.29, 0.717) is 6.08 Å². The van der Waals surface area contributed by atoms with Gasteiger partial charge in [0.1, 0.15) is 0 Å². The summed E-state index contributed by atoms with van der Waals surface area (Å²) in [6.07, 6.45) is -4.38. The van der Waals surface area contributed by atoms with Crippen LogP contribution in [0.4, 0.5) is 13.2 Å².